The summed E-state index contributed by atoms with van der Waals surface area (Å²) in [4.78, 5) is 41.8. The minimum absolute atomic E-state index is 0.00119. The van der Waals surface area contributed by atoms with Gasteiger partial charge in [-0.15, -0.1) is 11.3 Å². The van der Waals surface area contributed by atoms with Gasteiger partial charge in [-0.2, -0.15) is 0 Å². The molecule has 1 spiro atoms. The lowest BCUT2D eigenvalue weighted by Gasteiger charge is -2.39. The SMILES string of the molecule is CC(=O)c1ccc(C(=O)N2CCC3(CCN(C(=O)c4ccc(Br)o4)C3)CC2)s1. The Kier molecular flexibility index (Phi) is 5.18. The van der Waals surface area contributed by atoms with Gasteiger partial charge in [-0.05, 0) is 71.8 Å². The largest absolute Gasteiger partial charge is 0.444 e. The van der Waals surface area contributed by atoms with E-state index < -0.39 is 0 Å². The fourth-order valence-electron chi connectivity index (χ4n) is 4.08. The van der Waals surface area contributed by atoms with E-state index in [4.69, 9.17) is 4.42 Å². The lowest BCUT2D eigenvalue weighted by molar-refractivity contribution is 0.0563. The van der Waals surface area contributed by atoms with Gasteiger partial charge in [0.25, 0.3) is 11.8 Å². The molecule has 0 aliphatic carbocycles. The molecule has 2 amide bonds. The molecule has 2 fully saturated rings. The number of Topliss-reactive ketones (excluding diaryl/α,β-unsaturated/α-hetero) is 1. The average molecular weight is 465 g/mol. The van der Waals surface area contributed by atoms with E-state index in [1.165, 1.54) is 18.3 Å². The number of likely N-dealkylation sites (tertiary alicyclic amines) is 2. The number of rotatable bonds is 3. The number of nitrogens with zero attached hydrogens (tertiary/aromatic N) is 2. The third-order valence-electron chi connectivity index (χ3n) is 5.78. The van der Waals surface area contributed by atoms with Crippen molar-refractivity contribution in [3.8, 4) is 0 Å². The van der Waals surface area contributed by atoms with Crippen molar-refractivity contribution < 1.29 is 18.8 Å². The molecule has 0 aromatic carbocycles. The maximum atomic E-state index is 12.7. The van der Waals surface area contributed by atoms with Crippen LogP contribution in [0.3, 0.4) is 0 Å². The Morgan fingerprint density at radius 3 is 2.18 bits per heavy atom. The summed E-state index contributed by atoms with van der Waals surface area (Å²) in [6.45, 7) is 4.30. The molecule has 0 unspecified atom stereocenters. The first kappa shape index (κ1) is 19.4. The zero-order valence-corrected chi connectivity index (χ0v) is 18.0. The fraction of sp³-hybridized carbons (Fsp3) is 0.450. The van der Waals surface area contributed by atoms with E-state index in [2.05, 4.69) is 15.9 Å². The van der Waals surface area contributed by atoms with Crippen molar-refractivity contribution in [1.29, 1.82) is 0 Å². The van der Waals surface area contributed by atoms with Crippen LogP contribution in [0.5, 0.6) is 0 Å². The molecule has 0 saturated carbocycles. The molecule has 4 rings (SSSR count). The summed E-state index contributed by atoms with van der Waals surface area (Å²) in [5, 5.41) is 0. The molecule has 8 heteroatoms. The summed E-state index contributed by atoms with van der Waals surface area (Å²) in [5.41, 5.74) is 0.0796. The van der Waals surface area contributed by atoms with Crippen molar-refractivity contribution in [3.63, 3.8) is 0 Å². The van der Waals surface area contributed by atoms with Crippen molar-refractivity contribution in [3.05, 3.63) is 44.4 Å². The molecule has 2 saturated heterocycles. The van der Waals surface area contributed by atoms with Gasteiger partial charge in [-0.1, -0.05) is 0 Å². The van der Waals surface area contributed by atoms with E-state index in [1.807, 2.05) is 9.80 Å². The molecule has 2 aliphatic rings. The van der Waals surface area contributed by atoms with E-state index in [9.17, 15) is 14.4 Å². The Balaban J connectivity index is 1.36. The molecule has 2 aliphatic heterocycles. The Hall–Kier alpha value is -1.93. The lowest BCUT2D eigenvalue weighted by Crippen LogP contribution is -2.44. The summed E-state index contributed by atoms with van der Waals surface area (Å²) in [6.07, 6.45) is 2.72. The first-order chi connectivity index (χ1) is 13.4. The number of thiophene rings is 1. The number of hydrogen-bond acceptors (Lipinski definition) is 5. The maximum Gasteiger partial charge on any atom is 0.289 e. The smallest absolute Gasteiger partial charge is 0.289 e. The third kappa shape index (κ3) is 3.67. The number of carbonyl (C=O) groups is 3. The van der Waals surface area contributed by atoms with E-state index in [1.54, 1.807) is 24.3 Å². The van der Waals surface area contributed by atoms with Crippen LogP contribution in [0.2, 0.25) is 0 Å². The third-order valence-corrected chi connectivity index (χ3v) is 7.38. The molecule has 0 atom stereocenters. The molecule has 0 N–H and O–H groups in total. The van der Waals surface area contributed by atoms with Crippen molar-refractivity contribution in [1.82, 2.24) is 9.80 Å². The van der Waals surface area contributed by atoms with E-state index >= 15 is 0 Å². The van der Waals surface area contributed by atoms with E-state index in [0.29, 0.717) is 39.8 Å². The molecule has 2 aromatic rings. The molecule has 0 radical (unpaired) electrons. The highest BCUT2D eigenvalue weighted by Crippen LogP contribution is 2.41. The van der Waals surface area contributed by atoms with Gasteiger partial charge in [-0.25, -0.2) is 0 Å². The highest BCUT2D eigenvalue weighted by atomic mass is 79.9. The normalized spacial score (nSPS) is 18.6. The Bertz CT molecular complexity index is 926. The van der Waals surface area contributed by atoms with Gasteiger partial charge in [0.05, 0.1) is 9.75 Å². The van der Waals surface area contributed by atoms with Gasteiger partial charge in [0.2, 0.25) is 0 Å². The van der Waals surface area contributed by atoms with Crippen molar-refractivity contribution >= 4 is 44.9 Å². The topological polar surface area (TPSA) is 70.8 Å². The first-order valence-corrected chi connectivity index (χ1v) is 10.9. The Labute approximate surface area is 175 Å². The second kappa shape index (κ2) is 7.48. The summed E-state index contributed by atoms with van der Waals surface area (Å²) < 4.78 is 5.95. The summed E-state index contributed by atoms with van der Waals surface area (Å²) in [6, 6.07) is 6.88. The van der Waals surface area contributed by atoms with Gasteiger partial charge in [0.15, 0.2) is 16.2 Å². The number of piperidine rings is 1. The van der Waals surface area contributed by atoms with Crippen LogP contribution in [0.15, 0.2) is 33.4 Å². The first-order valence-electron chi connectivity index (χ1n) is 9.32. The minimum atomic E-state index is -0.0728. The number of amides is 2. The van der Waals surface area contributed by atoms with Crippen LogP contribution in [0.25, 0.3) is 0 Å². The Morgan fingerprint density at radius 2 is 1.61 bits per heavy atom. The van der Waals surface area contributed by atoms with Crippen LogP contribution in [0, 0.1) is 5.41 Å². The maximum absolute atomic E-state index is 12.7. The highest BCUT2D eigenvalue weighted by molar-refractivity contribution is 9.10. The monoisotopic (exact) mass is 464 g/mol. The molecule has 6 nitrogen and oxygen atoms in total. The van der Waals surface area contributed by atoms with Crippen molar-refractivity contribution in [2.24, 2.45) is 5.41 Å². The van der Waals surface area contributed by atoms with Gasteiger partial charge in [0.1, 0.15) is 0 Å². The van der Waals surface area contributed by atoms with Crippen LogP contribution in [0.1, 0.15) is 56.1 Å². The predicted octanol–water partition coefficient (Wildman–Crippen LogP) is 4.07. The van der Waals surface area contributed by atoms with Gasteiger partial charge in [-0.3, -0.25) is 14.4 Å². The van der Waals surface area contributed by atoms with Crippen LogP contribution >= 0.6 is 27.3 Å². The van der Waals surface area contributed by atoms with Crippen LogP contribution in [-0.4, -0.2) is 53.6 Å². The Morgan fingerprint density at radius 1 is 0.964 bits per heavy atom. The standard InChI is InChI=1S/C20H21BrN2O4S/c1-13(24)15-3-4-16(28-15)19(26)22-9-6-20(7-10-22)8-11-23(12-20)18(25)14-2-5-17(21)27-14/h2-5H,6-12H2,1H3. The second-order valence-electron chi connectivity index (χ2n) is 7.59. The number of halogens is 1. The van der Waals surface area contributed by atoms with E-state index in [0.717, 1.165) is 25.8 Å². The summed E-state index contributed by atoms with van der Waals surface area (Å²) in [7, 11) is 0. The molecule has 28 heavy (non-hydrogen) atoms. The molecular weight excluding hydrogens is 444 g/mol. The second-order valence-corrected chi connectivity index (χ2v) is 9.46. The van der Waals surface area contributed by atoms with E-state index in [-0.39, 0.29) is 23.0 Å². The number of hydrogen-bond donors (Lipinski definition) is 0. The zero-order valence-electron chi connectivity index (χ0n) is 15.6. The predicted molar refractivity (Wildman–Crippen MR) is 109 cm³/mol. The molecule has 148 valence electrons. The molecule has 2 aromatic heterocycles. The summed E-state index contributed by atoms with van der Waals surface area (Å²) >= 11 is 4.50. The van der Waals surface area contributed by atoms with Gasteiger partial charge < -0.3 is 14.2 Å². The number of furan rings is 1. The van der Waals surface area contributed by atoms with Crippen LogP contribution in [0.4, 0.5) is 0 Å². The molecule has 0 bridgehead atoms. The lowest BCUT2D eigenvalue weighted by atomic mass is 9.77. The highest BCUT2D eigenvalue weighted by Gasteiger charge is 2.43. The molecular formula is C20H21BrN2O4S. The van der Waals surface area contributed by atoms with Crippen LogP contribution < -0.4 is 0 Å². The van der Waals surface area contributed by atoms with Gasteiger partial charge >= 0.3 is 0 Å². The zero-order chi connectivity index (χ0) is 19.9. The van der Waals surface area contributed by atoms with Crippen molar-refractivity contribution in [2.45, 2.75) is 26.2 Å². The fourth-order valence-corrected chi connectivity index (χ4v) is 5.26. The summed E-state index contributed by atoms with van der Waals surface area (Å²) in [5.74, 6) is 0.270. The minimum Gasteiger partial charge on any atom is -0.444 e. The molecule has 4 heterocycles. The van der Waals surface area contributed by atoms with Crippen LogP contribution in [-0.2, 0) is 0 Å². The number of ketones is 1. The van der Waals surface area contributed by atoms with Crippen molar-refractivity contribution in [2.75, 3.05) is 26.2 Å². The van der Waals surface area contributed by atoms with Gasteiger partial charge in [0, 0.05) is 26.2 Å². The average Bonchev–Trinajstić information content (AvgIpc) is 3.41. The number of carbonyl (C=O) groups excluding carboxylic acids is 3. The quantitative estimate of drug-likeness (QED) is 0.641.